The summed E-state index contributed by atoms with van der Waals surface area (Å²) in [6.07, 6.45) is 77.4. The number of aliphatic hydroxyl groups excluding tert-OH is 1. The second kappa shape index (κ2) is 76.3. The van der Waals surface area contributed by atoms with Gasteiger partial charge < -0.3 is 14.9 Å². The van der Waals surface area contributed by atoms with Crippen molar-refractivity contribution in [3.05, 3.63) is 0 Å². The zero-order chi connectivity index (χ0) is 59.8. The summed E-state index contributed by atoms with van der Waals surface area (Å²) in [6, 6.07) is 0. The van der Waals surface area contributed by atoms with Crippen LogP contribution in [0.15, 0.2) is 0 Å². The van der Waals surface area contributed by atoms with Crippen LogP contribution in [-0.2, 0) is 23.9 Å². The number of hydrogen-bond donors (Lipinski definition) is 2. The summed E-state index contributed by atoms with van der Waals surface area (Å²) in [6.45, 7) is 11.6. The maximum atomic E-state index is 13.1. The summed E-state index contributed by atoms with van der Waals surface area (Å²) in [5.41, 5.74) is 0. The molecule has 81 heavy (non-hydrogen) atoms. The maximum absolute atomic E-state index is 13.1. The van der Waals surface area contributed by atoms with Crippen molar-refractivity contribution in [1.82, 2.24) is 0 Å². The van der Waals surface area contributed by atoms with Crippen LogP contribution in [0.1, 0.15) is 439 Å². The van der Waals surface area contributed by atoms with Gasteiger partial charge in [0.2, 0.25) is 0 Å². The van der Waals surface area contributed by atoms with E-state index in [0.717, 1.165) is 77.0 Å². The largest absolute Gasteiger partial charge is 0.481 e. The molecule has 1 atom stereocenters. The highest BCUT2D eigenvalue weighted by atomic mass is 16.6. The van der Waals surface area contributed by atoms with Gasteiger partial charge in [0.15, 0.2) is 0 Å². The summed E-state index contributed by atoms with van der Waals surface area (Å²) in [5.74, 6) is -2.48. The first-order valence-corrected chi connectivity index (χ1v) is 36.8. The Hall–Kier alpha value is -1.76. The van der Waals surface area contributed by atoms with Crippen molar-refractivity contribution in [2.24, 2.45) is 5.92 Å². The van der Waals surface area contributed by atoms with E-state index < -0.39 is 23.8 Å². The summed E-state index contributed by atoms with van der Waals surface area (Å²) < 4.78 is 5.24. The molecular weight excluding hydrogens is 1000 g/mol. The Balaban J connectivity index is -0.00000131. The van der Waals surface area contributed by atoms with E-state index in [4.69, 9.17) is 14.9 Å². The second-order valence-corrected chi connectivity index (χ2v) is 25.1. The lowest BCUT2D eigenvalue weighted by molar-refractivity contribution is -0.164. The van der Waals surface area contributed by atoms with Crippen LogP contribution in [0.3, 0.4) is 0 Å². The number of rotatable bonds is 65. The van der Waals surface area contributed by atoms with Crippen LogP contribution < -0.4 is 0 Å². The molecule has 0 aromatic carbocycles. The van der Waals surface area contributed by atoms with Crippen molar-refractivity contribution >= 4 is 23.7 Å². The smallest absolute Gasteiger partial charge is 0.324 e. The van der Waals surface area contributed by atoms with E-state index in [2.05, 4.69) is 34.6 Å². The highest BCUT2D eigenvalue weighted by Gasteiger charge is 2.29. The Morgan fingerprint density at radius 3 is 0.728 bits per heavy atom. The number of Topliss-reactive ketones (excluding diaryl/α,β-unsaturated/α-hetero) is 1. The molecule has 0 amide bonds. The normalized spacial score (nSPS) is 11.5. The molecule has 0 heterocycles. The Morgan fingerprint density at radius 2 is 0.481 bits per heavy atom. The maximum Gasteiger partial charge on any atom is 0.324 e. The molecule has 0 saturated heterocycles. The molecule has 0 aromatic rings. The first kappa shape index (κ1) is 83.5. The van der Waals surface area contributed by atoms with Crippen LogP contribution in [0, 0.1) is 5.92 Å². The predicted octanol–water partition coefficient (Wildman–Crippen LogP) is 25.0. The molecular formula is C74H146O7. The van der Waals surface area contributed by atoms with Gasteiger partial charge in [-0.15, -0.1) is 0 Å². The van der Waals surface area contributed by atoms with Gasteiger partial charge in [-0.1, -0.05) is 388 Å². The van der Waals surface area contributed by atoms with Gasteiger partial charge in [0, 0.05) is 25.9 Å². The fraction of sp³-hybridized carbons (Fsp3) is 0.946. The lowest BCUT2D eigenvalue weighted by Gasteiger charge is -2.14. The standard InChI is InChI=1S/C38H72O4.C24H50O.C12H24O2/c1-4-7-10-13-16-19-21-24-27-30-33-36(39)35(32-29-26-23-18-15-12-9-6-3)38(41)42-37(40)34-31-28-25-22-20-17-14-11-8-5-2;1-2-3-4-5-6-7-8-9-10-11-12-13-14-15-16-17-18-19-20-21-22-23-24-25;1-2-3-4-5-6-7-8-9-10-11-12(13)14/h35H,4-34H2,1-3H3;25H,2-24H2,1H3;2-11H2,1H3,(H,13,14). The summed E-state index contributed by atoms with van der Waals surface area (Å²) in [5, 5.41) is 17.1. The number of unbranched alkanes of at least 4 members (excludes halogenated alkanes) is 54. The molecule has 0 rings (SSSR count). The monoisotopic (exact) mass is 1150 g/mol. The lowest BCUT2D eigenvalue weighted by Crippen LogP contribution is -2.28. The molecule has 1 unspecified atom stereocenters. The molecule has 0 aliphatic heterocycles. The van der Waals surface area contributed by atoms with Gasteiger partial charge in [-0.25, -0.2) is 0 Å². The zero-order valence-corrected chi connectivity index (χ0v) is 55.8. The number of carbonyl (C=O) groups excluding carboxylic acids is 3. The molecule has 0 spiro atoms. The molecule has 0 fully saturated rings. The van der Waals surface area contributed by atoms with E-state index in [-0.39, 0.29) is 12.2 Å². The highest BCUT2D eigenvalue weighted by Crippen LogP contribution is 2.21. The van der Waals surface area contributed by atoms with Crippen LogP contribution in [0.2, 0.25) is 0 Å². The average Bonchev–Trinajstić information content (AvgIpc) is 3.46. The van der Waals surface area contributed by atoms with Crippen LogP contribution in [-0.4, -0.2) is 40.5 Å². The van der Waals surface area contributed by atoms with Crippen LogP contribution >= 0.6 is 0 Å². The Kier molecular flexibility index (Phi) is 78.6. The average molecular weight is 1150 g/mol. The van der Waals surface area contributed by atoms with E-state index in [9.17, 15) is 19.2 Å². The fourth-order valence-corrected chi connectivity index (χ4v) is 11.2. The number of aliphatic carboxylic acids is 1. The minimum atomic E-state index is -0.764. The number of carboxylic acids is 1. The molecule has 0 saturated carbocycles. The van der Waals surface area contributed by atoms with Crippen LogP contribution in [0.4, 0.5) is 0 Å². The number of aliphatic hydroxyl groups is 1. The minimum Gasteiger partial charge on any atom is -0.481 e. The quantitative estimate of drug-likeness (QED) is 0.0354. The highest BCUT2D eigenvalue weighted by molar-refractivity contribution is 6.02. The van der Waals surface area contributed by atoms with Crippen molar-refractivity contribution in [2.75, 3.05) is 6.61 Å². The third-order valence-corrected chi connectivity index (χ3v) is 16.8. The van der Waals surface area contributed by atoms with Gasteiger partial charge in [-0.3, -0.25) is 19.2 Å². The number of ether oxygens (including phenoxy) is 1. The van der Waals surface area contributed by atoms with E-state index in [1.165, 1.54) is 302 Å². The van der Waals surface area contributed by atoms with E-state index in [0.29, 0.717) is 25.9 Å². The Bertz CT molecular complexity index is 1200. The summed E-state index contributed by atoms with van der Waals surface area (Å²) in [4.78, 5) is 48.6. The van der Waals surface area contributed by atoms with Gasteiger partial charge >= 0.3 is 17.9 Å². The number of carbonyl (C=O) groups is 4. The molecule has 7 nitrogen and oxygen atoms in total. The number of ketones is 1. The number of carboxylic acid groups (broad SMARTS) is 1. The molecule has 0 aromatic heterocycles. The van der Waals surface area contributed by atoms with Crippen molar-refractivity contribution in [1.29, 1.82) is 0 Å². The van der Waals surface area contributed by atoms with Gasteiger partial charge in [-0.05, 0) is 32.1 Å². The number of hydrogen-bond acceptors (Lipinski definition) is 6. The van der Waals surface area contributed by atoms with Crippen LogP contribution in [0.25, 0.3) is 0 Å². The minimum absolute atomic E-state index is 0.0192. The van der Waals surface area contributed by atoms with Gasteiger partial charge in [0.05, 0.1) is 0 Å². The van der Waals surface area contributed by atoms with Crippen molar-refractivity contribution in [3.63, 3.8) is 0 Å². The third kappa shape index (κ3) is 76.2. The Morgan fingerprint density at radius 1 is 0.272 bits per heavy atom. The van der Waals surface area contributed by atoms with Crippen molar-refractivity contribution in [2.45, 2.75) is 439 Å². The van der Waals surface area contributed by atoms with E-state index in [1.807, 2.05) is 0 Å². The van der Waals surface area contributed by atoms with Crippen LogP contribution in [0.5, 0.6) is 0 Å². The molecule has 7 heteroatoms. The van der Waals surface area contributed by atoms with Crippen molar-refractivity contribution in [3.8, 4) is 0 Å². The van der Waals surface area contributed by atoms with Crippen molar-refractivity contribution < 1.29 is 34.1 Å². The number of esters is 2. The van der Waals surface area contributed by atoms with E-state index in [1.54, 1.807) is 0 Å². The Labute approximate surface area is 507 Å². The van der Waals surface area contributed by atoms with Gasteiger partial charge in [0.1, 0.15) is 11.7 Å². The zero-order valence-electron chi connectivity index (χ0n) is 55.8. The van der Waals surface area contributed by atoms with Gasteiger partial charge in [0.25, 0.3) is 0 Å². The summed E-state index contributed by atoms with van der Waals surface area (Å²) >= 11 is 0. The van der Waals surface area contributed by atoms with E-state index >= 15 is 0 Å². The third-order valence-electron chi connectivity index (χ3n) is 16.8. The first-order chi connectivity index (χ1) is 39.7. The molecule has 0 radical (unpaired) electrons. The topological polar surface area (TPSA) is 118 Å². The SMILES string of the molecule is CCCCCCCCCCCC(=O)O.CCCCCCCCCCCCC(=O)OC(=O)C(CCCCCCCCCC)C(=O)CCCCCCCCCCCC.CCCCCCCCCCCCCCCCCCCCCCCCO. The molecule has 0 aliphatic carbocycles. The lowest BCUT2D eigenvalue weighted by atomic mass is 9.92. The molecule has 2 N–H and O–H groups in total. The second-order valence-electron chi connectivity index (χ2n) is 25.1. The molecule has 0 bridgehead atoms. The summed E-state index contributed by atoms with van der Waals surface area (Å²) in [7, 11) is 0. The first-order valence-electron chi connectivity index (χ1n) is 36.8. The molecule has 0 aliphatic rings. The fourth-order valence-electron chi connectivity index (χ4n) is 11.2. The van der Waals surface area contributed by atoms with Gasteiger partial charge in [-0.2, -0.15) is 0 Å². The predicted molar refractivity (Wildman–Crippen MR) is 354 cm³/mol. The molecule has 484 valence electrons.